The lowest BCUT2D eigenvalue weighted by Crippen LogP contribution is -2.34. The number of hydrogen-bond donors (Lipinski definition) is 1. The van der Waals surface area contributed by atoms with E-state index in [-0.39, 0.29) is 18.4 Å². The Balaban J connectivity index is 1.63. The number of carbonyl (C=O) groups excluding carboxylic acids is 2. The predicted molar refractivity (Wildman–Crippen MR) is 118 cm³/mol. The molecule has 28 heavy (non-hydrogen) atoms. The van der Waals surface area contributed by atoms with E-state index in [1.165, 1.54) is 22.3 Å². The van der Waals surface area contributed by atoms with E-state index in [1.807, 2.05) is 56.3 Å². The normalized spacial score (nSPS) is 11.1. The van der Waals surface area contributed by atoms with Gasteiger partial charge in [-0.25, -0.2) is 0 Å². The van der Waals surface area contributed by atoms with Crippen molar-refractivity contribution in [1.82, 2.24) is 4.90 Å². The SMILES string of the molecule is Cc1cccc(NC(=O)CN(C)C(=O)/C=C/c2sc3ccccc3c2Cl)c1C. The second kappa shape index (κ2) is 8.59. The third-order valence-corrected chi connectivity index (χ3v) is 6.23. The zero-order valence-corrected chi connectivity index (χ0v) is 17.5. The monoisotopic (exact) mass is 412 g/mol. The van der Waals surface area contributed by atoms with E-state index in [2.05, 4.69) is 5.32 Å². The summed E-state index contributed by atoms with van der Waals surface area (Å²) in [7, 11) is 1.60. The van der Waals surface area contributed by atoms with Gasteiger partial charge in [-0.2, -0.15) is 0 Å². The fourth-order valence-electron chi connectivity index (χ4n) is 2.78. The van der Waals surface area contributed by atoms with Gasteiger partial charge in [-0.05, 0) is 43.2 Å². The van der Waals surface area contributed by atoms with Gasteiger partial charge in [0.2, 0.25) is 11.8 Å². The van der Waals surface area contributed by atoms with Crippen LogP contribution in [0.15, 0.2) is 48.5 Å². The summed E-state index contributed by atoms with van der Waals surface area (Å²) in [5.74, 6) is -0.498. The zero-order chi connectivity index (χ0) is 20.3. The fraction of sp³-hybridized carbons (Fsp3) is 0.182. The number of likely N-dealkylation sites (N-methyl/N-ethyl adjacent to an activating group) is 1. The summed E-state index contributed by atoms with van der Waals surface area (Å²) in [6.07, 6.45) is 3.15. The van der Waals surface area contributed by atoms with E-state index in [1.54, 1.807) is 13.1 Å². The topological polar surface area (TPSA) is 49.4 Å². The quantitative estimate of drug-likeness (QED) is 0.579. The van der Waals surface area contributed by atoms with Crippen LogP contribution in [0, 0.1) is 13.8 Å². The van der Waals surface area contributed by atoms with Gasteiger partial charge in [0.05, 0.1) is 11.6 Å². The van der Waals surface area contributed by atoms with Crippen LogP contribution in [-0.4, -0.2) is 30.3 Å². The average molecular weight is 413 g/mol. The van der Waals surface area contributed by atoms with Crippen LogP contribution in [-0.2, 0) is 9.59 Å². The number of rotatable bonds is 5. The number of nitrogens with zero attached hydrogens (tertiary/aromatic N) is 1. The van der Waals surface area contributed by atoms with Crippen LogP contribution in [0.25, 0.3) is 16.2 Å². The Morgan fingerprint density at radius 2 is 1.89 bits per heavy atom. The second-order valence-corrected chi connectivity index (χ2v) is 8.06. The maximum Gasteiger partial charge on any atom is 0.246 e. The van der Waals surface area contributed by atoms with Gasteiger partial charge in [-0.3, -0.25) is 9.59 Å². The maximum atomic E-state index is 12.4. The lowest BCUT2D eigenvalue weighted by Gasteiger charge is -2.16. The van der Waals surface area contributed by atoms with Gasteiger partial charge in [0, 0.05) is 33.8 Å². The van der Waals surface area contributed by atoms with Crippen LogP contribution < -0.4 is 5.32 Å². The summed E-state index contributed by atoms with van der Waals surface area (Å²) >= 11 is 7.92. The van der Waals surface area contributed by atoms with E-state index in [4.69, 9.17) is 11.6 Å². The van der Waals surface area contributed by atoms with Gasteiger partial charge in [-0.15, -0.1) is 11.3 Å². The molecule has 0 atom stereocenters. The third kappa shape index (κ3) is 4.43. The zero-order valence-electron chi connectivity index (χ0n) is 16.0. The number of thiophene rings is 1. The van der Waals surface area contributed by atoms with Gasteiger partial charge in [0.25, 0.3) is 0 Å². The highest BCUT2D eigenvalue weighted by Crippen LogP contribution is 2.35. The van der Waals surface area contributed by atoms with Crippen molar-refractivity contribution in [3.63, 3.8) is 0 Å². The average Bonchev–Trinajstić information content (AvgIpc) is 2.99. The van der Waals surface area contributed by atoms with Crippen molar-refractivity contribution < 1.29 is 9.59 Å². The minimum atomic E-state index is -0.260. The number of hydrogen-bond acceptors (Lipinski definition) is 3. The molecule has 0 aliphatic heterocycles. The molecule has 2 amide bonds. The summed E-state index contributed by atoms with van der Waals surface area (Å²) in [4.78, 5) is 26.9. The summed E-state index contributed by atoms with van der Waals surface area (Å²) in [5.41, 5.74) is 2.88. The van der Waals surface area contributed by atoms with Gasteiger partial charge in [0.15, 0.2) is 0 Å². The first kappa shape index (κ1) is 20.1. The molecular formula is C22H21ClN2O2S. The number of benzene rings is 2. The molecule has 0 unspecified atom stereocenters. The highest BCUT2D eigenvalue weighted by molar-refractivity contribution is 7.20. The molecule has 6 heteroatoms. The largest absolute Gasteiger partial charge is 0.333 e. The predicted octanol–water partition coefficient (Wildman–Crippen LogP) is 5.28. The third-order valence-electron chi connectivity index (χ3n) is 4.57. The smallest absolute Gasteiger partial charge is 0.246 e. The second-order valence-electron chi connectivity index (χ2n) is 6.60. The Kier molecular flexibility index (Phi) is 6.17. The van der Waals surface area contributed by atoms with E-state index in [9.17, 15) is 9.59 Å². The summed E-state index contributed by atoms with van der Waals surface area (Å²) in [6, 6.07) is 13.6. The van der Waals surface area contributed by atoms with Crippen LogP contribution in [0.2, 0.25) is 5.02 Å². The van der Waals surface area contributed by atoms with Gasteiger partial charge in [0.1, 0.15) is 0 Å². The first-order valence-corrected chi connectivity index (χ1v) is 10.0. The van der Waals surface area contributed by atoms with Crippen molar-refractivity contribution in [2.45, 2.75) is 13.8 Å². The molecule has 4 nitrogen and oxygen atoms in total. The Bertz CT molecular complexity index is 1070. The molecule has 2 aromatic carbocycles. The number of halogens is 1. The molecule has 144 valence electrons. The van der Waals surface area contributed by atoms with Crippen molar-refractivity contribution in [3.05, 3.63) is 69.6 Å². The Hall–Kier alpha value is -2.63. The van der Waals surface area contributed by atoms with Crippen molar-refractivity contribution >= 4 is 56.6 Å². The molecule has 0 saturated heterocycles. The number of amides is 2. The number of carbonyl (C=O) groups is 2. The molecule has 1 N–H and O–H groups in total. The Morgan fingerprint density at radius 1 is 1.14 bits per heavy atom. The number of fused-ring (bicyclic) bond motifs is 1. The molecule has 0 radical (unpaired) electrons. The lowest BCUT2D eigenvalue weighted by atomic mass is 10.1. The maximum absolute atomic E-state index is 12.4. The van der Waals surface area contributed by atoms with Crippen molar-refractivity contribution in [3.8, 4) is 0 Å². The molecule has 0 fully saturated rings. The Morgan fingerprint density at radius 3 is 2.64 bits per heavy atom. The molecule has 3 rings (SSSR count). The number of aryl methyl sites for hydroxylation is 1. The van der Waals surface area contributed by atoms with Crippen LogP contribution in [0.5, 0.6) is 0 Å². The number of anilines is 1. The van der Waals surface area contributed by atoms with E-state index in [0.29, 0.717) is 5.02 Å². The first-order valence-electron chi connectivity index (χ1n) is 8.83. The molecule has 0 saturated carbocycles. The highest BCUT2D eigenvalue weighted by Gasteiger charge is 2.13. The van der Waals surface area contributed by atoms with Gasteiger partial charge in [-0.1, -0.05) is 41.9 Å². The van der Waals surface area contributed by atoms with E-state index in [0.717, 1.165) is 31.8 Å². The standard InChI is InChI=1S/C22H21ClN2O2S/c1-14-7-6-9-17(15(14)2)24-20(26)13-25(3)21(27)12-11-19-22(23)16-8-4-5-10-18(16)28-19/h4-12H,13H2,1-3H3,(H,24,26)/b12-11+. The molecule has 1 heterocycles. The highest BCUT2D eigenvalue weighted by atomic mass is 35.5. The van der Waals surface area contributed by atoms with E-state index >= 15 is 0 Å². The van der Waals surface area contributed by atoms with Crippen molar-refractivity contribution in [2.75, 3.05) is 18.9 Å². The molecule has 0 bridgehead atoms. The fourth-order valence-corrected chi connectivity index (χ4v) is 4.18. The summed E-state index contributed by atoms with van der Waals surface area (Å²) in [5, 5.41) is 4.47. The molecule has 0 aliphatic carbocycles. The van der Waals surface area contributed by atoms with Crippen LogP contribution >= 0.6 is 22.9 Å². The minimum Gasteiger partial charge on any atom is -0.333 e. The first-order chi connectivity index (χ1) is 13.4. The molecule has 0 aliphatic rings. The molecule has 3 aromatic rings. The van der Waals surface area contributed by atoms with Crippen LogP contribution in [0.3, 0.4) is 0 Å². The van der Waals surface area contributed by atoms with Crippen molar-refractivity contribution in [2.24, 2.45) is 0 Å². The van der Waals surface area contributed by atoms with E-state index < -0.39 is 0 Å². The van der Waals surface area contributed by atoms with Crippen molar-refractivity contribution in [1.29, 1.82) is 0 Å². The van der Waals surface area contributed by atoms with Gasteiger partial charge < -0.3 is 10.2 Å². The van der Waals surface area contributed by atoms with Crippen LogP contribution in [0.4, 0.5) is 5.69 Å². The summed E-state index contributed by atoms with van der Waals surface area (Å²) in [6.45, 7) is 3.92. The lowest BCUT2D eigenvalue weighted by molar-refractivity contribution is -0.129. The number of nitrogens with one attached hydrogen (secondary N) is 1. The Labute approximate surface area is 173 Å². The minimum absolute atomic E-state index is 0.0310. The summed E-state index contributed by atoms with van der Waals surface area (Å²) < 4.78 is 1.07. The van der Waals surface area contributed by atoms with Crippen LogP contribution in [0.1, 0.15) is 16.0 Å². The molecule has 1 aromatic heterocycles. The molecular weight excluding hydrogens is 392 g/mol. The molecule has 0 spiro atoms. The van der Waals surface area contributed by atoms with Gasteiger partial charge >= 0.3 is 0 Å².